The molecule has 0 unspecified atom stereocenters. The fraction of sp³-hybridized carbons (Fsp3) is 0.182. The summed E-state index contributed by atoms with van der Waals surface area (Å²) >= 11 is 1.72. The Labute approximate surface area is 106 Å². The molecule has 1 nitrogen and oxygen atoms in total. The van der Waals surface area contributed by atoms with Gasteiger partial charge in [0, 0.05) is 10.9 Å². The van der Waals surface area contributed by atoms with Crippen LogP contribution in [0.4, 0.5) is 0 Å². The summed E-state index contributed by atoms with van der Waals surface area (Å²) in [5, 5.41) is 3.25. The quantitative estimate of drug-likeness (QED) is 0.789. The maximum absolute atomic E-state index is 4.52. The summed E-state index contributed by atoms with van der Waals surface area (Å²) in [5.74, 6) is 0. The molecular weight excluding hydrogens is 249 g/mol. The lowest BCUT2D eigenvalue weighted by Gasteiger charge is -1.93. The zero-order chi connectivity index (χ0) is 9.10. The van der Waals surface area contributed by atoms with Crippen LogP contribution in [-0.2, 0) is 6.42 Å². The summed E-state index contributed by atoms with van der Waals surface area (Å²) in [7, 11) is 0. The van der Waals surface area contributed by atoms with Crippen LogP contribution in [-0.4, -0.2) is 4.98 Å². The van der Waals surface area contributed by atoms with Crippen molar-refractivity contribution in [3.05, 3.63) is 41.4 Å². The molecule has 0 aliphatic rings. The van der Waals surface area contributed by atoms with Crippen molar-refractivity contribution in [2.75, 3.05) is 0 Å². The number of aromatic nitrogens is 1. The van der Waals surface area contributed by atoms with Gasteiger partial charge in [0.15, 0.2) is 0 Å². The van der Waals surface area contributed by atoms with E-state index in [0.717, 1.165) is 11.4 Å². The molecule has 0 saturated carbocycles. The average molecular weight is 262 g/mol. The van der Waals surface area contributed by atoms with Gasteiger partial charge >= 0.3 is 0 Å². The molecule has 1 heterocycles. The third-order valence-electron chi connectivity index (χ3n) is 1.93. The Balaban J connectivity index is 0.000000980. The molecule has 0 spiro atoms. The van der Waals surface area contributed by atoms with E-state index in [1.165, 1.54) is 11.3 Å². The summed E-state index contributed by atoms with van der Waals surface area (Å²) < 4.78 is 0. The zero-order valence-electron chi connectivity index (χ0n) is 8.34. The first-order chi connectivity index (χ1) is 6.40. The number of hydrogen-bond donors (Lipinski definition) is 0. The van der Waals surface area contributed by atoms with Crippen molar-refractivity contribution in [1.29, 1.82) is 0 Å². The number of thiazole rings is 1. The van der Waals surface area contributed by atoms with Crippen molar-refractivity contribution >= 4 is 36.2 Å². The average Bonchev–Trinajstić information content (AvgIpc) is 2.67. The van der Waals surface area contributed by atoms with E-state index in [9.17, 15) is 0 Å². The van der Waals surface area contributed by atoms with Gasteiger partial charge in [0.25, 0.3) is 0 Å². The molecule has 0 atom stereocenters. The summed E-state index contributed by atoms with van der Waals surface area (Å²) in [6.45, 7) is 2.13. The fourth-order valence-electron chi connectivity index (χ4n) is 1.18. The normalized spacial score (nSPS) is 8.87. The van der Waals surface area contributed by atoms with Gasteiger partial charge in [0.05, 0.1) is 5.69 Å². The first-order valence-corrected chi connectivity index (χ1v) is 5.28. The Morgan fingerprint density at radius 1 is 1.13 bits per heavy atom. The van der Waals surface area contributed by atoms with Gasteiger partial charge in [-0.15, -0.1) is 36.2 Å². The van der Waals surface area contributed by atoms with E-state index >= 15 is 0 Å². The van der Waals surface area contributed by atoms with Gasteiger partial charge < -0.3 is 0 Å². The second-order valence-electron chi connectivity index (χ2n) is 2.86. The van der Waals surface area contributed by atoms with Crippen molar-refractivity contribution in [3.63, 3.8) is 0 Å². The van der Waals surface area contributed by atoms with E-state index in [-0.39, 0.29) is 24.8 Å². The highest BCUT2D eigenvalue weighted by Gasteiger charge is 2.01. The lowest BCUT2D eigenvalue weighted by atomic mass is 10.2. The van der Waals surface area contributed by atoms with Gasteiger partial charge in [-0.3, -0.25) is 0 Å². The van der Waals surface area contributed by atoms with Crippen molar-refractivity contribution in [1.82, 2.24) is 4.98 Å². The molecule has 0 N–H and O–H groups in total. The monoisotopic (exact) mass is 261 g/mol. The van der Waals surface area contributed by atoms with Crippen LogP contribution in [0, 0.1) is 0 Å². The topological polar surface area (TPSA) is 12.9 Å². The standard InChI is InChI=1S/C11H11NS.2ClH/c1-2-10-8-13-11(12-10)9-6-4-3-5-7-9;;/h3-8H,2H2,1H3;2*1H. The van der Waals surface area contributed by atoms with E-state index in [0.29, 0.717) is 0 Å². The fourth-order valence-corrected chi connectivity index (χ4v) is 2.09. The second kappa shape index (κ2) is 6.83. The van der Waals surface area contributed by atoms with Gasteiger partial charge in [-0.2, -0.15) is 0 Å². The second-order valence-corrected chi connectivity index (χ2v) is 3.72. The number of aryl methyl sites for hydroxylation is 1. The smallest absolute Gasteiger partial charge is 0.123 e. The van der Waals surface area contributed by atoms with Crippen LogP contribution in [0.1, 0.15) is 12.6 Å². The molecule has 2 aromatic rings. The predicted molar refractivity (Wildman–Crippen MR) is 71.4 cm³/mol. The van der Waals surface area contributed by atoms with E-state index in [1.54, 1.807) is 11.3 Å². The number of halogens is 2. The molecule has 0 aliphatic heterocycles. The molecule has 1 aromatic heterocycles. The number of rotatable bonds is 2. The SMILES string of the molecule is CCc1csc(-c2ccccc2)n1.Cl.Cl. The first kappa shape index (κ1) is 14.4. The maximum Gasteiger partial charge on any atom is 0.123 e. The molecule has 0 radical (unpaired) electrons. The molecule has 15 heavy (non-hydrogen) atoms. The van der Waals surface area contributed by atoms with E-state index in [4.69, 9.17) is 0 Å². The van der Waals surface area contributed by atoms with Crippen LogP contribution in [0.3, 0.4) is 0 Å². The molecule has 0 saturated heterocycles. The summed E-state index contributed by atoms with van der Waals surface area (Å²) in [6, 6.07) is 10.3. The minimum atomic E-state index is 0. The first-order valence-electron chi connectivity index (χ1n) is 4.40. The van der Waals surface area contributed by atoms with Crippen molar-refractivity contribution < 1.29 is 0 Å². The molecule has 82 valence electrons. The highest BCUT2D eigenvalue weighted by atomic mass is 35.5. The third kappa shape index (κ3) is 3.49. The number of nitrogens with zero attached hydrogens (tertiary/aromatic N) is 1. The molecule has 0 fully saturated rings. The lowest BCUT2D eigenvalue weighted by molar-refractivity contribution is 1.07. The molecule has 0 bridgehead atoms. The van der Waals surface area contributed by atoms with Crippen LogP contribution >= 0.6 is 36.2 Å². The van der Waals surface area contributed by atoms with Gasteiger partial charge in [-0.05, 0) is 6.42 Å². The summed E-state index contributed by atoms with van der Waals surface area (Å²) in [4.78, 5) is 4.52. The van der Waals surface area contributed by atoms with E-state index in [1.807, 2.05) is 18.2 Å². The van der Waals surface area contributed by atoms with Crippen molar-refractivity contribution in [3.8, 4) is 10.6 Å². The predicted octanol–water partition coefficient (Wildman–Crippen LogP) is 4.22. The van der Waals surface area contributed by atoms with Gasteiger partial charge in [-0.25, -0.2) is 4.98 Å². The Bertz CT molecular complexity index is 386. The third-order valence-corrected chi connectivity index (χ3v) is 2.87. The number of benzene rings is 1. The van der Waals surface area contributed by atoms with Crippen molar-refractivity contribution in [2.24, 2.45) is 0 Å². The number of hydrogen-bond acceptors (Lipinski definition) is 2. The molecule has 2 rings (SSSR count). The largest absolute Gasteiger partial charge is 0.241 e. The van der Waals surface area contributed by atoms with E-state index < -0.39 is 0 Å². The summed E-state index contributed by atoms with van der Waals surface area (Å²) in [5.41, 5.74) is 2.40. The molecule has 0 amide bonds. The lowest BCUT2D eigenvalue weighted by Crippen LogP contribution is -1.79. The highest BCUT2D eigenvalue weighted by Crippen LogP contribution is 2.23. The van der Waals surface area contributed by atoms with Crippen molar-refractivity contribution in [2.45, 2.75) is 13.3 Å². The minimum absolute atomic E-state index is 0. The molecule has 4 heteroatoms. The van der Waals surface area contributed by atoms with Crippen LogP contribution in [0.2, 0.25) is 0 Å². The van der Waals surface area contributed by atoms with Crippen LogP contribution in [0.15, 0.2) is 35.7 Å². The van der Waals surface area contributed by atoms with Crippen LogP contribution < -0.4 is 0 Å². The van der Waals surface area contributed by atoms with Gasteiger partial charge in [0.2, 0.25) is 0 Å². The molecular formula is C11H13Cl2NS. The van der Waals surface area contributed by atoms with Gasteiger partial charge in [-0.1, -0.05) is 37.3 Å². The Hall–Kier alpha value is -0.570. The Morgan fingerprint density at radius 2 is 1.80 bits per heavy atom. The van der Waals surface area contributed by atoms with Gasteiger partial charge in [0.1, 0.15) is 5.01 Å². The van der Waals surface area contributed by atoms with Crippen LogP contribution in [0.25, 0.3) is 10.6 Å². The maximum atomic E-state index is 4.52. The molecule has 0 aliphatic carbocycles. The molecule has 1 aromatic carbocycles. The summed E-state index contributed by atoms with van der Waals surface area (Å²) in [6.07, 6.45) is 1.02. The van der Waals surface area contributed by atoms with Crippen LogP contribution in [0.5, 0.6) is 0 Å². The highest BCUT2D eigenvalue weighted by molar-refractivity contribution is 7.13. The van der Waals surface area contributed by atoms with E-state index in [2.05, 4.69) is 29.4 Å². The minimum Gasteiger partial charge on any atom is -0.241 e. The zero-order valence-corrected chi connectivity index (χ0v) is 10.8. The Morgan fingerprint density at radius 3 is 2.33 bits per heavy atom. The Kier molecular flexibility index (Phi) is 6.57.